The van der Waals surface area contributed by atoms with Gasteiger partial charge in [-0.3, -0.25) is 4.79 Å². The van der Waals surface area contributed by atoms with Gasteiger partial charge in [0, 0.05) is 31.8 Å². The largest absolute Gasteiger partial charge is 0.374 e. The van der Waals surface area contributed by atoms with Crippen LogP contribution in [0.15, 0.2) is 0 Å². The highest BCUT2D eigenvalue weighted by Gasteiger charge is 2.13. The molecular weight excluding hydrogens is 200 g/mol. The summed E-state index contributed by atoms with van der Waals surface area (Å²) in [5.74, 6) is 1.00. The van der Waals surface area contributed by atoms with E-state index in [0.717, 1.165) is 25.4 Å². The average Bonchev–Trinajstić information content (AvgIpc) is 2.25. The van der Waals surface area contributed by atoms with E-state index in [4.69, 9.17) is 4.74 Å². The topological polar surface area (TPSA) is 50.4 Å². The summed E-state index contributed by atoms with van der Waals surface area (Å²) in [4.78, 5) is 11.2. The van der Waals surface area contributed by atoms with E-state index in [1.54, 1.807) is 11.8 Å². The van der Waals surface area contributed by atoms with E-state index in [2.05, 4.69) is 10.6 Å². The van der Waals surface area contributed by atoms with E-state index >= 15 is 0 Å². The number of morpholine rings is 1. The lowest BCUT2D eigenvalue weighted by Gasteiger charge is -2.23. The molecule has 0 aromatic heterocycles. The van der Waals surface area contributed by atoms with Crippen LogP contribution in [0, 0.1) is 0 Å². The second kappa shape index (κ2) is 7.09. The Hall–Kier alpha value is -0.260. The zero-order chi connectivity index (χ0) is 10.2. The Labute approximate surface area is 89.2 Å². The van der Waals surface area contributed by atoms with Crippen LogP contribution in [-0.2, 0) is 9.53 Å². The smallest absolute Gasteiger partial charge is 0.220 e. The van der Waals surface area contributed by atoms with Crippen LogP contribution in [0.4, 0.5) is 0 Å². The van der Waals surface area contributed by atoms with Gasteiger partial charge in [-0.2, -0.15) is 11.8 Å². The van der Waals surface area contributed by atoms with Crippen LogP contribution >= 0.6 is 11.8 Å². The third-order valence-electron chi connectivity index (χ3n) is 2.06. The number of carbonyl (C=O) groups is 1. The number of carbonyl (C=O) groups excluding carboxylic acids is 1. The number of amides is 1. The molecule has 1 unspecified atom stereocenters. The lowest BCUT2D eigenvalue weighted by molar-refractivity contribution is -0.121. The van der Waals surface area contributed by atoms with E-state index in [0.29, 0.717) is 13.0 Å². The van der Waals surface area contributed by atoms with Gasteiger partial charge in [0.15, 0.2) is 0 Å². The Bertz CT molecular complexity index is 172. The van der Waals surface area contributed by atoms with Gasteiger partial charge in [0.05, 0.1) is 12.7 Å². The van der Waals surface area contributed by atoms with Gasteiger partial charge < -0.3 is 15.4 Å². The molecule has 0 aromatic rings. The van der Waals surface area contributed by atoms with Crippen molar-refractivity contribution in [2.75, 3.05) is 38.2 Å². The van der Waals surface area contributed by atoms with Crippen molar-refractivity contribution in [3.05, 3.63) is 0 Å². The monoisotopic (exact) mass is 218 g/mol. The molecular formula is C9H18N2O2S. The van der Waals surface area contributed by atoms with Crippen LogP contribution in [0.25, 0.3) is 0 Å². The van der Waals surface area contributed by atoms with E-state index in [-0.39, 0.29) is 12.0 Å². The Kier molecular flexibility index (Phi) is 5.98. The normalized spacial score (nSPS) is 21.9. The first-order valence-corrected chi connectivity index (χ1v) is 6.30. The summed E-state index contributed by atoms with van der Waals surface area (Å²) in [6, 6.07) is 0. The third kappa shape index (κ3) is 4.83. The molecule has 1 saturated heterocycles. The van der Waals surface area contributed by atoms with E-state index < -0.39 is 0 Å². The minimum atomic E-state index is 0.119. The average molecular weight is 218 g/mol. The van der Waals surface area contributed by atoms with Crippen LogP contribution in [-0.4, -0.2) is 50.3 Å². The highest BCUT2D eigenvalue weighted by atomic mass is 32.2. The molecule has 1 heterocycles. The molecule has 4 nitrogen and oxygen atoms in total. The molecule has 1 amide bonds. The van der Waals surface area contributed by atoms with Gasteiger partial charge in [-0.05, 0) is 6.26 Å². The summed E-state index contributed by atoms with van der Waals surface area (Å²) < 4.78 is 5.45. The van der Waals surface area contributed by atoms with Gasteiger partial charge in [-0.15, -0.1) is 0 Å². The molecule has 1 fully saturated rings. The number of rotatable bonds is 5. The summed E-state index contributed by atoms with van der Waals surface area (Å²) in [5.41, 5.74) is 0. The first-order chi connectivity index (χ1) is 6.83. The molecule has 82 valence electrons. The van der Waals surface area contributed by atoms with E-state index in [1.807, 2.05) is 6.26 Å². The van der Waals surface area contributed by atoms with E-state index in [9.17, 15) is 4.79 Å². The van der Waals surface area contributed by atoms with Crippen molar-refractivity contribution < 1.29 is 9.53 Å². The third-order valence-corrected chi connectivity index (χ3v) is 2.68. The van der Waals surface area contributed by atoms with Gasteiger partial charge in [-0.1, -0.05) is 0 Å². The van der Waals surface area contributed by atoms with Crippen molar-refractivity contribution in [3.63, 3.8) is 0 Å². The van der Waals surface area contributed by atoms with Crippen molar-refractivity contribution in [1.82, 2.24) is 10.6 Å². The summed E-state index contributed by atoms with van der Waals surface area (Å²) in [7, 11) is 0. The predicted octanol–water partition coefficient (Wildman–Crippen LogP) is -0.156. The molecule has 0 radical (unpaired) electrons. The SMILES string of the molecule is CSCCC(=O)NCC1CNCCO1. The minimum absolute atomic E-state index is 0.119. The molecule has 1 aliphatic rings. The van der Waals surface area contributed by atoms with Gasteiger partial charge in [0.1, 0.15) is 0 Å². The lowest BCUT2D eigenvalue weighted by Crippen LogP contribution is -2.45. The Morgan fingerprint density at radius 2 is 2.57 bits per heavy atom. The van der Waals surface area contributed by atoms with Crippen molar-refractivity contribution >= 4 is 17.7 Å². The van der Waals surface area contributed by atoms with Crippen LogP contribution in [0.2, 0.25) is 0 Å². The molecule has 0 aliphatic carbocycles. The molecule has 0 aromatic carbocycles. The molecule has 5 heteroatoms. The second-order valence-corrected chi connectivity index (χ2v) is 4.23. The molecule has 0 saturated carbocycles. The maximum Gasteiger partial charge on any atom is 0.220 e. The van der Waals surface area contributed by atoms with Gasteiger partial charge >= 0.3 is 0 Å². The number of nitrogens with one attached hydrogen (secondary N) is 2. The molecule has 1 atom stereocenters. The summed E-state index contributed by atoms with van der Waals surface area (Å²) in [6.45, 7) is 3.12. The minimum Gasteiger partial charge on any atom is -0.374 e. The van der Waals surface area contributed by atoms with Crippen molar-refractivity contribution in [2.24, 2.45) is 0 Å². The van der Waals surface area contributed by atoms with Crippen molar-refractivity contribution in [2.45, 2.75) is 12.5 Å². The fourth-order valence-electron chi connectivity index (χ4n) is 1.26. The van der Waals surface area contributed by atoms with Crippen LogP contribution in [0.5, 0.6) is 0 Å². The second-order valence-electron chi connectivity index (χ2n) is 3.24. The fourth-order valence-corrected chi connectivity index (χ4v) is 1.65. The first kappa shape index (κ1) is 11.8. The molecule has 1 aliphatic heterocycles. The highest BCUT2D eigenvalue weighted by Crippen LogP contribution is 1.96. The van der Waals surface area contributed by atoms with Gasteiger partial charge in [-0.25, -0.2) is 0 Å². The molecule has 1 rings (SSSR count). The van der Waals surface area contributed by atoms with Crippen LogP contribution in [0.3, 0.4) is 0 Å². The molecule has 0 spiro atoms. The number of ether oxygens (including phenoxy) is 1. The highest BCUT2D eigenvalue weighted by molar-refractivity contribution is 7.98. The summed E-state index contributed by atoms with van der Waals surface area (Å²) in [5, 5.41) is 6.09. The molecule has 14 heavy (non-hydrogen) atoms. The molecule has 2 N–H and O–H groups in total. The quantitative estimate of drug-likeness (QED) is 0.673. The van der Waals surface area contributed by atoms with Crippen molar-refractivity contribution in [1.29, 1.82) is 0 Å². The zero-order valence-electron chi connectivity index (χ0n) is 8.54. The zero-order valence-corrected chi connectivity index (χ0v) is 9.36. The fraction of sp³-hybridized carbons (Fsp3) is 0.889. The molecule has 0 bridgehead atoms. The van der Waals surface area contributed by atoms with Crippen molar-refractivity contribution in [3.8, 4) is 0 Å². The standard InChI is InChI=1S/C9H18N2O2S/c1-14-5-2-9(12)11-7-8-6-10-3-4-13-8/h8,10H,2-7H2,1H3,(H,11,12). The Morgan fingerprint density at radius 1 is 1.71 bits per heavy atom. The number of thioether (sulfide) groups is 1. The Balaban J connectivity index is 2.03. The predicted molar refractivity (Wildman–Crippen MR) is 58.6 cm³/mol. The maximum absolute atomic E-state index is 11.2. The maximum atomic E-state index is 11.2. The van der Waals surface area contributed by atoms with E-state index in [1.165, 1.54) is 0 Å². The van der Waals surface area contributed by atoms with Crippen LogP contribution < -0.4 is 10.6 Å². The number of hydrogen-bond acceptors (Lipinski definition) is 4. The van der Waals surface area contributed by atoms with Gasteiger partial charge in [0.25, 0.3) is 0 Å². The number of hydrogen-bond donors (Lipinski definition) is 2. The summed E-state index contributed by atoms with van der Waals surface area (Å²) in [6.07, 6.45) is 2.74. The lowest BCUT2D eigenvalue weighted by atomic mass is 10.3. The Morgan fingerprint density at radius 3 is 3.21 bits per heavy atom. The first-order valence-electron chi connectivity index (χ1n) is 4.91. The van der Waals surface area contributed by atoms with Gasteiger partial charge in [0.2, 0.25) is 5.91 Å². The van der Waals surface area contributed by atoms with Crippen LogP contribution in [0.1, 0.15) is 6.42 Å². The summed E-state index contributed by atoms with van der Waals surface area (Å²) >= 11 is 1.69.